The van der Waals surface area contributed by atoms with Gasteiger partial charge in [0.1, 0.15) is 17.8 Å². The summed E-state index contributed by atoms with van der Waals surface area (Å²) in [5.41, 5.74) is 5.94. The highest BCUT2D eigenvalue weighted by Gasteiger charge is 2.37. The molecule has 0 saturated heterocycles. The molecule has 0 aliphatic carbocycles. The van der Waals surface area contributed by atoms with Gasteiger partial charge in [0, 0.05) is 27.3 Å². The van der Waals surface area contributed by atoms with Crippen LogP contribution in [-0.2, 0) is 54.3 Å². The molecule has 4 N–H and O–H groups in total. The van der Waals surface area contributed by atoms with Crippen molar-refractivity contribution in [3.63, 3.8) is 0 Å². The fourth-order valence-electron chi connectivity index (χ4n) is 6.38. The van der Waals surface area contributed by atoms with Crippen molar-refractivity contribution in [2.75, 3.05) is 28.3 Å². The summed E-state index contributed by atoms with van der Waals surface area (Å²) in [5.74, 6) is -2.24. The summed E-state index contributed by atoms with van der Waals surface area (Å²) < 4.78 is 26.8. The Morgan fingerprint density at radius 3 is 1.54 bits per heavy atom. The Balaban J connectivity index is 0. The monoisotopic (exact) mass is 868 g/mol. The quantitative estimate of drug-likeness (QED) is 0.0770. The number of aliphatic carboxylic acids is 1. The summed E-state index contributed by atoms with van der Waals surface area (Å²) in [5, 5.41) is 12.2. The number of carboxylic acids is 1. The Kier molecular flexibility index (Phi) is 28.9. The van der Waals surface area contributed by atoms with Crippen LogP contribution in [0, 0.1) is 29.6 Å². The highest BCUT2D eigenvalue weighted by Crippen LogP contribution is 2.24. The number of hydrogen-bond acceptors (Lipinski definition) is 12. The number of carboxylic acid groups (broad SMARTS) is 1. The van der Waals surface area contributed by atoms with Gasteiger partial charge in [-0.25, -0.2) is 0 Å². The molecule has 0 radical (unpaired) electrons. The molecule has 0 spiro atoms. The number of ether oxygens (including phenoxy) is 5. The summed E-state index contributed by atoms with van der Waals surface area (Å²) >= 11 is 0. The number of amides is 1. The number of methoxy groups -OCH3 is 2. The Hall–Kier alpha value is -3.59. The molecule has 354 valence electrons. The van der Waals surface area contributed by atoms with Crippen molar-refractivity contribution in [3.8, 4) is 0 Å². The van der Waals surface area contributed by atoms with Crippen LogP contribution in [0.15, 0.2) is 30.3 Å². The van der Waals surface area contributed by atoms with Crippen LogP contribution >= 0.6 is 0 Å². The largest absolute Gasteiger partial charge is 0.481 e. The number of carbonyl (C=O) groups excluding carboxylic acids is 4. The number of benzene rings is 1. The molecule has 0 fully saturated rings. The van der Waals surface area contributed by atoms with Crippen molar-refractivity contribution in [2.24, 2.45) is 35.3 Å². The molecule has 61 heavy (non-hydrogen) atoms. The van der Waals surface area contributed by atoms with E-state index in [1.54, 1.807) is 40.0 Å². The van der Waals surface area contributed by atoms with E-state index in [0.717, 1.165) is 18.4 Å². The van der Waals surface area contributed by atoms with Gasteiger partial charge in [-0.05, 0) is 77.8 Å². The van der Waals surface area contributed by atoms with Crippen LogP contribution in [0.1, 0.15) is 135 Å². The van der Waals surface area contributed by atoms with Crippen molar-refractivity contribution in [3.05, 3.63) is 35.9 Å². The Labute approximate surface area is 368 Å². The molecular weight excluding hydrogens is 783 g/mol. The summed E-state index contributed by atoms with van der Waals surface area (Å²) in [6.45, 7) is 27.1. The van der Waals surface area contributed by atoms with Crippen LogP contribution in [-0.4, -0.2) is 110 Å². The maximum atomic E-state index is 12.7. The van der Waals surface area contributed by atoms with E-state index in [1.165, 1.54) is 0 Å². The van der Waals surface area contributed by atoms with Crippen LogP contribution in [0.4, 0.5) is 0 Å². The van der Waals surface area contributed by atoms with Gasteiger partial charge in [-0.1, -0.05) is 98.6 Å². The number of nitrogens with two attached hydrogens (primary N) is 1. The van der Waals surface area contributed by atoms with E-state index in [4.69, 9.17) is 34.5 Å². The Morgan fingerprint density at radius 1 is 0.721 bits per heavy atom. The maximum Gasteiger partial charge on any atom is 0.309 e. The molecule has 8 atom stereocenters. The third-order valence-corrected chi connectivity index (χ3v) is 10.3. The van der Waals surface area contributed by atoms with Crippen LogP contribution in [0.2, 0.25) is 0 Å². The third kappa shape index (κ3) is 25.2. The van der Waals surface area contributed by atoms with Crippen molar-refractivity contribution in [2.45, 2.75) is 177 Å². The van der Waals surface area contributed by atoms with E-state index in [1.807, 2.05) is 92.8 Å². The zero-order valence-electron chi connectivity index (χ0n) is 41.0. The van der Waals surface area contributed by atoms with Gasteiger partial charge < -0.3 is 44.7 Å². The molecule has 14 heteroatoms. The topological polar surface area (TPSA) is 193 Å². The molecule has 1 rings (SSSR count). The van der Waals surface area contributed by atoms with Gasteiger partial charge in [0.2, 0.25) is 5.91 Å². The van der Waals surface area contributed by atoms with Gasteiger partial charge in [-0.2, -0.15) is 0 Å². The molecule has 0 aliphatic heterocycles. The minimum atomic E-state index is -0.957. The average Bonchev–Trinajstić information content (AvgIpc) is 3.16. The second-order valence-corrected chi connectivity index (χ2v) is 18.5. The molecule has 0 saturated carbocycles. The molecule has 0 unspecified atom stereocenters. The van der Waals surface area contributed by atoms with Gasteiger partial charge in [0.25, 0.3) is 0 Å². The van der Waals surface area contributed by atoms with E-state index in [9.17, 15) is 24.0 Å². The van der Waals surface area contributed by atoms with E-state index in [2.05, 4.69) is 33.0 Å². The van der Waals surface area contributed by atoms with Gasteiger partial charge in [0.15, 0.2) is 0 Å². The lowest BCUT2D eigenvalue weighted by Gasteiger charge is -2.39. The number of likely N-dealkylation sites (N-methyl/N-ethyl adjacent to an activating group) is 2. The smallest absolute Gasteiger partial charge is 0.309 e. The summed E-state index contributed by atoms with van der Waals surface area (Å²) in [7, 11) is 6.84. The molecule has 1 aromatic carbocycles. The normalized spacial score (nSPS) is 15.6. The molecule has 0 aliphatic rings. The third-order valence-electron chi connectivity index (χ3n) is 10.3. The summed E-state index contributed by atoms with van der Waals surface area (Å²) in [4.78, 5) is 60.9. The molecule has 0 aromatic heterocycles. The number of carbonyl (C=O) groups is 5. The van der Waals surface area contributed by atoms with Crippen molar-refractivity contribution in [1.29, 1.82) is 0 Å². The van der Waals surface area contributed by atoms with Crippen LogP contribution in [0.25, 0.3) is 0 Å². The standard InChI is InChI=1S/C19H38N2O4.C14H29NO3.C14H18O4/c1-10-13(4)17(21(8)18(23)16(20)12(2)3)14(24-9)11-15(22)25-19(5,6)7;1-8-10(2)13(15-6)11(17-7)9-12(16)18-14(3,4)5;1-10(2)12(14(16)17)8-13(15)18-9-11-6-4-3-5-7-11/h12-14,16-17H,10-11,20H2,1-9H3;10-11,13,15H,8-9H2,1-7H3;3-7,10,12H,8-9H2,1-2H3,(H,16,17)/t13-,14+,16-,17-;10-,11+,13-;12-/m000/s1. The Morgan fingerprint density at radius 2 is 1.18 bits per heavy atom. The van der Waals surface area contributed by atoms with Crippen LogP contribution in [0.3, 0.4) is 0 Å². The van der Waals surface area contributed by atoms with Gasteiger partial charge >= 0.3 is 23.9 Å². The molecule has 1 amide bonds. The highest BCUT2D eigenvalue weighted by atomic mass is 16.6. The number of hydrogen-bond donors (Lipinski definition) is 3. The Bertz CT molecular complexity index is 1410. The lowest BCUT2D eigenvalue weighted by Crippen LogP contribution is -2.55. The zero-order valence-corrected chi connectivity index (χ0v) is 41.0. The lowest BCUT2D eigenvalue weighted by atomic mass is 9.90. The second-order valence-electron chi connectivity index (χ2n) is 18.5. The summed E-state index contributed by atoms with van der Waals surface area (Å²) in [6, 6.07) is 8.64. The molecule has 1 aromatic rings. The lowest BCUT2D eigenvalue weighted by molar-refractivity contribution is -0.161. The minimum absolute atomic E-state index is 0.0411. The van der Waals surface area contributed by atoms with Crippen molar-refractivity contribution >= 4 is 29.8 Å². The zero-order chi connectivity index (χ0) is 47.8. The fourth-order valence-corrected chi connectivity index (χ4v) is 6.38. The first kappa shape index (κ1) is 59.5. The highest BCUT2D eigenvalue weighted by molar-refractivity contribution is 5.82. The maximum absolute atomic E-state index is 12.7. The number of nitrogens with one attached hydrogen (secondary N) is 1. The van der Waals surface area contributed by atoms with Gasteiger partial charge in [-0.3, -0.25) is 24.0 Å². The first-order valence-electron chi connectivity index (χ1n) is 21.7. The molecular formula is C47H85N3O11. The van der Waals surface area contributed by atoms with Crippen molar-refractivity contribution in [1.82, 2.24) is 10.2 Å². The van der Waals surface area contributed by atoms with E-state index in [0.29, 0.717) is 5.92 Å². The number of esters is 3. The first-order chi connectivity index (χ1) is 28.1. The average molecular weight is 868 g/mol. The SMILES string of the molecule is CC(C)[C@H](CC(=O)OCc1ccccc1)C(=O)O.CC[C@H](C)[C@@H]([C@@H](CC(=O)OC(C)(C)C)OC)N(C)C(=O)[C@@H](N)C(C)C.CC[C@H](C)[C@H](NC)[C@@H](CC(=O)OC(C)(C)C)OC. The fraction of sp³-hybridized carbons (Fsp3) is 0.766. The predicted octanol–water partition coefficient (Wildman–Crippen LogP) is 7.43. The van der Waals surface area contributed by atoms with Gasteiger partial charge in [0.05, 0.1) is 49.5 Å². The van der Waals surface area contributed by atoms with E-state index >= 15 is 0 Å². The molecule has 0 heterocycles. The van der Waals surface area contributed by atoms with Crippen LogP contribution < -0.4 is 11.1 Å². The van der Waals surface area contributed by atoms with E-state index < -0.39 is 41.2 Å². The molecule has 14 nitrogen and oxygen atoms in total. The van der Waals surface area contributed by atoms with Gasteiger partial charge in [-0.15, -0.1) is 0 Å². The van der Waals surface area contributed by atoms with E-state index in [-0.39, 0.29) is 79.7 Å². The van der Waals surface area contributed by atoms with Crippen LogP contribution in [0.5, 0.6) is 0 Å². The predicted molar refractivity (Wildman–Crippen MR) is 240 cm³/mol. The van der Waals surface area contributed by atoms with Crippen molar-refractivity contribution < 1.29 is 52.8 Å². The molecule has 0 bridgehead atoms. The second kappa shape index (κ2) is 29.7. The first-order valence-corrected chi connectivity index (χ1v) is 21.7. The number of nitrogens with zero attached hydrogens (tertiary/aromatic N) is 1. The minimum Gasteiger partial charge on any atom is -0.481 e. The summed E-state index contributed by atoms with van der Waals surface area (Å²) in [6.07, 6.45) is 1.59. The number of rotatable bonds is 22.